The zero-order chi connectivity index (χ0) is 14.2. The lowest BCUT2D eigenvalue weighted by Crippen LogP contribution is -1.98. The normalized spacial score (nSPS) is 10.9. The number of aromatic nitrogens is 2. The van der Waals surface area contributed by atoms with E-state index in [9.17, 15) is 10.1 Å². The number of anilines is 1. The number of nitro benzene ring substituents is 1. The molecule has 0 amide bonds. The zero-order valence-electron chi connectivity index (χ0n) is 10.5. The molecule has 0 atom stereocenters. The van der Waals surface area contributed by atoms with Crippen LogP contribution in [0.1, 0.15) is 25.3 Å². The molecule has 1 aromatic carbocycles. The largest absolute Gasteiger partial charge is 0.382 e. The van der Waals surface area contributed by atoms with Crippen LogP contribution in [0.3, 0.4) is 0 Å². The molecule has 0 saturated carbocycles. The van der Waals surface area contributed by atoms with E-state index >= 15 is 0 Å². The minimum atomic E-state index is -0.470. The number of nitro groups is 1. The average molecular weight is 281 g/mol. The molecule has 7 heteroatoms. The summed E-state index contributed by atoms with van der Waals surface area (Å²) >= 11 is 6.10. The fourth-order valence-electron chi connectivity index (χ4n) is 2.05. The maximum atomic E-state index is 11.1. The van der Waals surface area contributed by atoms with Gasteiger partial charge in [-0.1, -0.05) is 31.5 Å². The first-order chi connectivity index (χ1) is 8.93. The molecule has 0 unspecified atom stereocenters. The zero-order valence-corrected chi connectivity index (χ0v) is 11.2. The van der Waals surface area contributed by atoms with Gasteiger partial charge < -0.3 is 5.73 Å². The van der Waals surface area contributed by atoms with Gasteiger partial charge in [-0.05, 0) is 12.0 Å². The lowest BCUT2D eigenvalue weighted by atomic mass is 9.97. The summed E-state index contributed by atoms with van der Waals surface area (Å²) < 4.78 is 0. The number of H-pyrrole nitrogens is 1. The molecule has 2 aromatic rings. The highest BCUT2D eigenvalue weighted by atomic mass is 35.5. The highest BCUT2D eigenvalue weighted by Crippen LogP contribution is 2.40. The van der Waals surface area contributed by atoms with Crippen molar-refractivity contribution in [1.29, 1.82) is 0 Å². The van der Waals surface area contributed by atoms with Crippen LogP contribution in [0.25, 0.3) is 11.3 Å². The molecule has 19 heavy (non-hydrogen) atoms. The smallest absolute Gasteiger partial charge is 0.280 e. The second-order valence-electron chi connectivity index (χ2n) is 4.44. The Kier molecular flexibility index (Phi) is 3.44. The number of nitrogens with two attached hydrogens (primary N) is 1. The quantitative estimate of drug-likeness (QED) is 0.665. The highest BCUT2D eigenvalue weighted by molar-refractivity contribution is 6.33. The van der Waals surface area contributed by atoms with E-state index in [1.165, 1.54) is 6.07 Å². The molecular formula is C12H13ClN4O2. The van der Waals surface area contributed by atoms with Gasteiger partial charge in [0, 0.05) is 11.6 Å². The first-order valence-corrected chi connectivity index (χ1v) is 6.08. The van der Waals surface area contributed by atoms with Gasteiger partial charge in [0.05, 0.1) is 21.2 Å². The molecule has 1 heterocycles. The number of aromatic amines is 1. The second kappa shape index (κ2) is 4.89. The van der Waals surface area contributed by atoms with Crippen molar-refractivity contribution in [3.63, 3.8) is 0 Å². The van der Waals surface area contributed by atoms with E-state index in [4.69, 9.17) is 17.3 Å². The molecule has 0 spiro atoms. The molecule has 6 nitrogen and oxygen atoms in total. The van der Waals surface area contributed by atoms with Crippen LogP contribution in [-0.4, -0.2) is 15.1 Å². The van der Waals surface area contributed by atoms with Gasteiger partial charge in [-0.25, -0.2) is 0 Å². The Morgan fingerprint density at radius 2 is 2.16 bits per heavy atom. The fourth-order valence-corrected chi connectivity index (χ4v) is 2.32. The summed E-state index contributed by atoms with van der Waals surface area (Å²) in [6.07, 6.45) is 0. The molecule has 0 saturated heterocycles. The minimum Gasteiger partial charge on any atom is -0.382 e. The first-order valence-electron chi connectivity index (χ1n) is 5.70. The van der Waals surface area contributed by atoms with Gasteiger partial charge in [0.25, 0.3) is 5.69 Å². The van der Waals surface area contributed by atoms with Crippen LogP contribution in [0.5, 0.6) is 0 Å². The van der Waals surface area contributed by atoms with Gasteiger partial charge in [-0.3, -0.25) is 15.2 Å². The van der Waals surface area contributed by atoms with E-state index in [1.807, 2.05) is 13.8 Å². The first kappa shape index (κ1) is 13.4. The van der Waals surface area contributed by atoms with Crippen molar-refractivity contribution in [1.82, 2.24) is 10.2 Å². The third-order valence-corrected chi connectivity index (χ3v) is 3.16. The second-order valence-corrected chi connectivity index (χ2v) is 4.85. The molecule has 2 rings (SSSR count). The molecule has 0 aliphatic heterocycles. The monoisotopic (exact) mass is 280 g/mol. The van der Waals surface area contributed by atoms with Crippen molar-refractivity contribution in [2.75, 3.05) is 5.73 Å². The minimum absolute atomic E-state index is 0.0712. The molecule has 1 aromatic heterocycles. The van der Waals surface area contributed by atoms with Crippen molar-refractivity contribution < 1.29 is 4.92 Å². The Balaban J connectivity index is 2.76. The number of nitrogen functional groups attached to an aromatic ring is 1. The summed E-state index contributed by atoms with van der Waals surface area (Å²) in [5.41, 5.74) is 7.29. The van der Waals surface area contributed by atoms with E-state index in [1.54, 1.807) is 12.1 Å². The van der Waals surface area contributed by atoms with Crippen LogP contribution >= 0.6 is 11.6 Å². The van der Waals surface area contributed by atoms with E-state index < -0.39 is 4.92 Å². The third kappa shape index (κ3) is 2.26. The van der Waals surface area contributed by atoms with Crippen LogP contribution in [-0.2, 0) is 0 Å². The molecule has 3 N–H and O–H groups in total. The maximum absolute atomic E-state index is 11.1. The lowest BCUT2D eigenvalue weighted by molar-refractivity contribution is -0.384. The highest BCUT2D eigenvalue weighted by Gasteiger charge is 2.25. The summed E-state index contributed by atoms with van der Waals surface area (Å²) in [5.74, 6) is 0.406. The number of benzene rings is 1. The van der Waals surface area contributed by atoms with Crippen molar-refractivity contribution in [2.24, 2.45) is 0 Å². The Hall–Kier alpha value is -2.08. The van der Waals surface area contributed by atoms with Gasteiger partial charge in [0.2, 0.25) is 0 Å². The predicted octanol–water partition coefficient (Wildman–Crippen LogP) is 3.34. The van der Waals surface area contributed by atoms with Crippen LogP contribution in [0.2, 0.25) is 5.02 Å². The van der Waals surface area contributed by atoms with Crippen molar-refractivity contribution in [3.8, 4) is 11.3 Å². The molecule has 0 aliphatic carbocycles. The van der Waals surface area contributed by atoms with Crippen LogP contribution in [0, 0.1) is 10.1 Å². The van der Waals surface area contributed by atoms with Crippen molar-refractivity contribution in [3.05, 3.63) is 38.9 Å². The number of nitrogens with one attached hydrogen (secondary N) is 1. The number of rotatable bonds is 3. The Morgan fingerprint density at radius 1 is 1.47 bits per heavy atom. The summed E-state index contributed by atoms with van der Waals surface area (Å²) in [6, 6.07) is 4.55. The Labute approximate surface area is 114 Å². The SMILES string of the molecule is CC(C)c1c(N)n[nH]c1-c1c(Cl)cccc1[N+](=O)[O-]. The summed E-state index contributed by atoms with van der Waals surface area (Å²) in [6.45, 7) is 3.88. The molecule has 0 fully saturated rings. The number of hydrogen-bond donors (Lipinski definition) is 2. The van der Waals surface area contributed by atoms with Gasteiger partial charge >= 0.3 is 0 Å². The van der Waals surface area contributed by atoms with Gasteiger partial charge in [-0.15, -0.1) is 0 Å². The number of nitrogens with zero attached hydrogens (tertiary/aromatic N) is 2. The molecule has 0 radical (unpaired) electrons. The molecule has 0 bridgehead atoms. The van der Waals surface area contributed by atoms with Crippen molar-refractivity contribution in [2.45, 2.75) is 19.8 Å². The third-order valence-electron chi connectivity index (χ3n) is 2.85. The number of halogens is 1. The van der Waals surface area contributed by atoms with Gasteiger partial charge in [-0.2, -0.15) is 5.10 Å². The standard InChI is InChI=1S/C12H13ClN4O2/c1-6(2)9-11(15-16-12(9)14)10-7(13)4-3-5-8(10)17(18)19/h3-6H,1-2H3,(H3,14,15,16). The predicted molar refractivity (Wildman–Crippen MR) is 74.2 cm³/mol. The van der Waals surface area contributed by atoms with Gasteiger partial charge in [0.15, 0.2) is 0 Å². The van der Waals surface area contributed by atoms with E-state index in [0.29, 0.717) is 22.1 Å². The van der Waals surface area contributed by atoms with Crippen molar-refractivity contribution >= 4 is 23.1 Å². The van der Waals surface area contributed by atoms with E-state index in [-0.39, 0.29) is 11.6 Å². The topological polar surface area (TPSA) is 97.8 Å². The van der Waals surface area contributed by atoms with E-state index in [2.05, 4.69) is 10.2 Å². The maximum Gasteiger partial charge on any atom is 0.280 e. The lowest BCUT2D eigenvalue weighted by Gasteiger charge is -2.09. The molecular weight excluding hydrogens is 268 g/mol. The fraction of sp³-hybridized carbons (Fsp3) is 0.250. The summed E-state index contributed by atoms with van der Waals surface area (Å²) in [4.78, 5) is 10.6. The van der Waals surface area contributed by atoms with E-state index in [0.717, 1.165) is 5.56 Å². The Bertz CT molecular complexity index is 637. The Morgan fingerprint density at radius 3 is 2.74 bits per heavy atom. The van der Waals surface area contributed by atoms with Crippen LogP contribution in [0.4, 0.5) is 11.5 Å². The van der Waals surface area contributed by atoms with Gasteiger partial charge in [0.1, 0.15) is 5.82 Å². The number of hydrogen-bond acceptors (Lipinski definition) is 4. The molecule has 0 aliphatic rings. The molecule has 100 valence electrons. The average Bonchev–Trinajstić information content (AvgIpc) is 2.70. The summed E-state index contributed by atoms with van der Waals surface area (Å²) in [7, 11) is 0. The van der Waals surface area contributed by atoms with Crippen LogP contribution < -0.4 is 5.73 Å². The summed E-state index contributed by atoms with van der Waals surface area (Å²) in [5, 5.41) is 18.1. The van der Waals surface area contributed by atoms with Crippen LogP contribution in [0.15, 0.2) is 18.2 Å².